The molecule has 7 nitrogen and oxygen atoms in total. The highest BCUT2D eigenvalue weighted by Gasteiger charge is 2.15. The van der Waals surface area contributed by atoms with Crippen molar-refractivity contribution >= 4 is 29.5 Å². The number of nitrogens with one attached hydrogen (secondary N) is 3. The van der Waals surface area contributed by atoms with Crippen molar-refractivity contribution in [2.45, 2.75) is 31.7 Å². The van der Waals surface area contributed by atoms with Crippen LogP contribution in [0.25, 0.3) is 0 Å². The van der Waals surface area contributed by atoms with Crippen LogP contribution in [0.5, 0.6) is 11.5 Å². The maximum atomic E-state index is 11.8. The quantitative estimate of drug-likeness (QED) is 0.405. The molecular weight excluding hydrogens is 330 g/mol. The lowest BCUT2D eigenvalue weighted by Gasteiger charge is -2.16. The van der Waals surface area contributed by atoms with Crippen molar-refractivity contribution in [3.63, 3.8) is 0 Å². The second kappa shape index (κ2) is 9.07. The Balaban J connectivity index is 1.74. The van der Waals surface area contributed by atoms with Crippen molar-refractivity contribution < 1.29 is 19.1 Å². The van der Waals surface area contributed by atoms with Gasteiger partial charge in [0.25, 0.3) is 5.91 Å². The van der Waals surface area contributed by atoms with Crippen LogP contribution in [0, 0.1) is 0 Å². The van der Waals surface area contributed by atoms with Crippen LogP contribution in [-0.2, 0) is 4.79 Å². The summed E-state index contributed by atoms with van der Waals surface area (Å²) in [6.45, 7) is -0.212. The Hall–Kier alpha value is -2.35. The van der Waals surface area contributed by atoms with Crippen LogP contribution in [0.15, 0.2) is 18.2 Å². The van der Waals surface area contributed by atoms with E-state index in [1.807, 2.05) is 0 Å². The minimum atomic E-state index is -0.382. The molecule has 1 aromatic rings. The van der Waals surface area contributed by atoms with E-state index in [9.17, 15) is 9.59 Å². The average Bonchev–Trinajstić information content (AvgIpc) is 3.10. The summed E-state index contributed by atoms with van der Waals surface area (Å²) in [7, 11) is 1.46. The zero-order chi connectivity index (χ0) is 17.4. The third-order valence-corrected chi connectivity index (χ3v) is 3.91. The molecule has 8 heteroatoms. The van der Waals surface area contributed by atoms with Crippen LogP contribution < -0.4 is 25.6 Å². The summed E-state index contributed by atoms with van der Waals surface area (Å²) in [6.07, 6.45) is 5.29. The number of hydrogen-bond donors (Lipinski definition) is 3. The third kappa shape index (κ3) is 5.38. The predicted molar refractivity (Wildman–Crippen MR) is 93.1 cm³/mol. The summed E-state index contributed by atoms with van der Waals surface area (Å²) in [5.74, 6) is 0.385. The van der Waals surface area contributed by atoms with Crippen LogP contribution in [-0.4, -0.2) is 37.1 Å². The zero-order valence-corrected chi connectivity index (χ0v) is 14.3. The largest absolute Gasteiger partial charge is 0.493 e. The Morgan fingerprint density at radius 2 is 2.04 bits per heavy atom. The zero-order valence-electron chi connectivity index (χ0n) is 13.5. The fourth-order valence-electron chi connectivity index (χ4n) is 2.47. The van der Waals surface area contributed by atoms with E-state index in [1.165, 1.54) is 20.0 Å². The Bertz CT molecular complexity index is 603. The van der Waals surface area contributed by atoms with Gasteiger partial charge in [-0.3, -0.25) is 20.4 Å². The van der Waals surface area contributed by atoms with Gasteiger partial charge in [-0.2, -0.15) is 0 Å². The normalized spacial score (nSPS) is 13.9. The van der Waals surface area contributed by atoms with Gasteiger partial charge in [-0.05, 0) is 43.3 Å². The van der Waals surface area contributed by atoms with Gasteiger partial charge in [-0.1, -0.05) is 12.8 Å². The number of amides is 1. The number of methoxy groups -OCH3 is 1. The van der Waals surface area contributed by atoms with E-state index >= 15 is 0 Å². The lowest BCUT2D eigenvalue weighted by molar-refractivity contribution is -0.123. The number of carbonyl (C=O) groups is 2. The van der Waals surface area contributed by atoms with E-state index in [4.69, 9.17) is 21.7 Å². The number of thiocarbonyl (C=S) groups is 1. The first-order chi connectivity index (χ1) is 11.6. The molecule has 3 N–H and O–H groups in total. The van der Waals surface area contributed by atoms with Gasteiger partial charge in [0.1, 0.15) is 6.29 Å². The number of hydrazine groups is 1. The standard InChI is InChI=1S/C16H21N3O4S/c1-22-14-8-11(9-20)6-7-13(14)23-10-15(21)18-19-16(24)17-12-4-2-3-5-12/h6-9,12H,2-5,10H2,1H3,(H,18,21)(H2,17,19,24). The van der Waals surface area contributed by atoms with E-state index in [0.717, 1.165) is 12.8 Å². The molecule has 1 aliphatic carbocycles. The van der Waals surface area contributed by atoms with Crippen molar-refractivity contribution in [3.05, 3.63) is 23.8 Å². The first kappa shape index (κ1) is 18.0. The van der Waals surface area contributed by atoms with Gasteiger partial charge in [0, 0.05) is 11.6 Å². The predicted octanol–water partition coefficient (Wildman–Crippen LogP) is 1.32. The summed E-state index contributed by atoms with van der Waals surface area (Å²) in [5.41, 5.74) is 5.59. The number of benzene rings is 1. The molecule has 0 saturated heterocycles. The molecule has 0 radical (unpaired) electrons. The molecule has 0 bridgehead atoms. The van der Waals surface area contributed by atoms with Crippen molar-refractivity contribution in [2.24, 2.45) is 0 Å². The Morgan fingerprint density at radius 1 is 1.29 bits per heavy atom. The summed E-state index contributed by atoms with van der Waals surface area (Å²) >= 11 is 5.12. The Kier molecular flexibility index (Phi) is 6.80. The highest BCUT2D eigenvalue weighted by Crippen LogP contribution is 2.27. The van der Waals surface area contributed by atoms with E-state index < -0.39 is 0 Å². The molecule has 0 aliphatic heterocycles. The molecule has 0 heterocycles. The maximum absolute atomic E-state index is 11.8. The number of rotatable bonds is 6. The summed E-state index contributed by atoms with van der Waals surface area (Å²) in [5, 5.41) is 3.54. The fraction of sp³-hybridized carbons (Fsp3) is 0.438. The third-order valence-electron chi connectivity index (χ3n) is 3.69. The van der Waals surface area contributed by atoms with Gasteiger partial charge in [0.2, 0.25) is 0 Å². The van der Waals surface area contributed by atoms with Gasteiger partial charge in [0.15, 0.2) is 23.2 Å². The van der Waals surface area contributed by atoms with Crippen molar-refractivity contribution in [2.75, 3.05) is 13.7 Å². The monoisotopic (exact) mass is 351 g/mol. The highest BCUT2D eigenvalue weighted by atomic mass is 32.1. The van der Waals surface area contributed by atoms with Crippen LogP contribution in [0.3, 0.4) is 0 Å². The lowest BCUT2D eigenvalue weighted by atomic mass is 10.2. The molecule has 2 rings (SSSR count). The number of ether oxygens (including phenoxy) is 2. The van der Waals surface area contributed by atoms with E-state index in [0.29, 0.717) is 34.5 Å². The van der Waals surface area contributed by atoms with Crippen LogP contribution in [0.1, 0.15) is 36.0 Å². The smallest absolute Gasteiger partial charge is 0.276 e. The van der Waals surface area contributed by atoms with Crippen molar-refractivity contribution in [1.82, 2.24) is 16.2 Å². The molecule has 1 saturated carbocycles. The van der Waals surface area contributed by atoms with Crippen molar-refractivity contribution in [1.29, 1.82) is 0 Å². The topological polar surface area (TPSA) is 88.7 Å². The van der Waals surface area contributed by atoms with Gasteiger partial charge in [-0.15, -0.1) is 0 Å². The second-order valence-electron chi connectivity index (χ2n) is 5.44. The summed E-state index contributed by atoms with van der Waals surface area (Å²) in [4.78, 5) is 22.5. The highest BCUT2D eigenvalue weighted by molar-refractivity contribution is 7.80. The fourth-order valence-corrected chi connectivity index (χ4v) is 2.69. The molecule has 1 fully saturated rings. The van der Waals surface area contributed by atoms with Crippen molar-refractivity contribution in [3.8, 4) is 11.5 Å². The van der Waals surface area contributed by atoms with E-state index in [2.05, 4.69) is 16.2 Å². The summed E-state index contributed by atoms with van der Waals surface area (Å²) < 4.78 is 10.5. The SMILES string of the molecule is COc1cc(C=O)ccc1OCC(=O)NNC(=S)NC1CCCC1. The van der Waals surface area contributed by atoms with Crippen LogP contribution >= 0.6 is 12.2 Å². The second-order valence-corrected chi connectivity index (χ2v) is 5.85. The van der Waals surface area contributed by atoms with Gasteiger partial charge < -0.3 is 14.8 Å². The Morgan fingerprint density at radius 3 is 2.71 bits per heavy atom. The number of hydrogen-bond acceptors (Lipinski definition) is 5. The van der Waals surface area contributed by atoms with Gasteiger partial charge >= 0.3 is 0 Å². The first-order valence-electron chi connectivity index (χ1n) is 7.73. The van der Waals surface area contributed by atoms with E-state index in [-0.39, 0.29) is 12.5 Å². The van der Waals surface area contributed by atoms with E-state index in [1.54, 1.807) is 18.2 Å². The average molecular weight is 351 g/mol. The minimum Gasteiger partial charge on any atom is -0.493 e. The van der Waals surface area contributed by atoms with Gasteiger partial charge in [0.05, 0.1) is 7.11 Å². The molecule has 1 aliphatic rings. The molecule has 1 amide bonds. The van der Waals surface area contributed by atoms with Crippen LogP contribution in [0.4, 0.5) is 0 Å². The molecule has 0 atom stereocenters. The molecule has 0 aromatic heterocycles. The maximum Gasteiger partial charge on any atom is 0.276 e. The molecule has 0 spiro atoms. The molecule has 0 unspecified atom stereocenters. The molecule has 1 aromatic carbocycles. The molecular formula is C16H21N3O4S. The molecule has 24 heavy (non-hydrogen) atoms. The lowest BCUT2D eigenvalue weighted by Crippen LogP contribution is -2.50. The number of aldehydes is 1. The minimum absolute atomic E-state index is 0.212. The number of carbonyl (C=O) groups excluding carboxylic acids is 2. The van der Waals surface area contributed by atoms with Crippen LogP contribution in [0.2, 0.25) is 0 Å². The first-order valence-corrected chi connectivity index (χ1v) is 8.14. The van der Waals surface area contributed by atoms with Gasteiger partial charge in [-0.25, -0.2) is 0 Å². The summed E-state index contributed by atoms with van der Waals surface area (Å²) in [6, 6.07) is 5.08. The Labute approximate surface area is 146 Å². The molecule has 130 valence electrons.